The highest BCUT2D eigenvalue weighted by atomic mass is 16.5. The molecule has 4 rings (SSSR count). The predicted octanol–water partition coefficient (Wildman–Crippen LogP) is 5.97. The lowest BCUT2D eigenvalue weighted by Crippen LogP contribution is -2.49. The van der Waals surface area contributed by atoms with Crippen LogP contribution in [0.4, 0.5) is 0 Å². The molecule has 0 unspecified atom stereocenters. The number of benzene rings is 4. The molecule has 0 spiro atoms. The SMILES string of the molecule is O=C(O)[C@H](OCc1ccccc1)[C@H](Cc1ccccc1)N(Cc1ccccc1)Cc1ccccc1. The highest BCUT2D eigenvalue weighted by molar-refractivity contribution is 5.73. The van der Waals surface area contributed by atoms with E-state index in [1.165, 1.54) is 0 Å². The quantitative estimate of drug-likeness (QED) is 0.280. The number of ether oxygens (including phenoxy) is 1. The number of carbonyl (C=O) groups is 1. The van der Waals surface area contributed by atoms with Crippen molar-refractivity contribution in [3.05, 3.63) is 144 Å². The van der Waals surface area contributed by atoms with E-state index in [1.807, 2.05) is 97.1 Å². The van der Waals surface area contributed by atoms with E-state index in [0.717, 1.165) is 22.3 Å². The average molecular weight is 466 g/mol. The third-order valence-electron chi connectivity index (χ3n) is 6.08. The predicted molar refractivity (Wildman–Crippen MR) is 139 cm³/mol. The zero-order valence-electron chi connectivity index (χ0n) is 19.7. The van der Waals surface area contributed by atoms with Crippen molar-refractivity contribution in [1.29, 1.82) is 0 Å². The highest BCUT2D eigenvalue weighted by Gasteiger charge is 2.34. The van der Waals surface area contributed by atoms with E-state index in [-0.39, 0.29) is 12.6 Å². The second-order valence-electron chi connectivity index (χ2n) is 8.69. The lowest BCUT2D eigenvalue weighted by Gasteiger charge is -2.36. The third kappa shape index (κ3) is 7.38. The summed E-state index contributed by atoms with van der Waals surface area (Å²) in [5.41, 5.74) is 4.30. The highest BCUT2D eigenvalue weighted by Crippen LogP contribution is 2.22. The Kier molecular flexibility index (Phi) is 8.82. The fourth-order valence-corrected chi connectivity index (χ4v) is 4.32. The summed E-state index contributed by atoms with van der Waals surface area (Å²) < 4.78 is 6.14. The van der Waals surface area contributed by atoms with Crippen LogP contribution in [0.3, 0.4) is 0 Å². The molecule has 0 aliphatic heterocycles. The molecule has 0 saturated carbocycles. The van der Waals surface area contributed by atoms with Crippen LogP contribution in [0, 0.1) is 0 Å². The van der Waals surface area contributed by atoms with Crippen molar-refractivity contribution >= 4 is 5.97 Å². The summed E-state index contributed by atoms with van der Waals surface area (Å²) in [6.45, 7) is 1.48. The van der Waals surface area contributed by atoms with Gasteiger partial charge in [0.2, 0.25) is 0 Å². The largest absolute Gasteiger partial charge is 0.479 e. The van der Waals surface area contributed by atoms with Crippen LogP contribution in [0.15, 0.2) is 121 Å². The molecule has 2 atom stereocenters. The smallest absolute Gasteiger partial charge is 0.334 e. The molecule has 0 fully saturated rings. The fourth-order valence-electron chi connectivity index (χ4n) is 4.32. The molecule has 0 heterocycles. The minimum absolute atomic E-state index is 0.244. The summed E-state index contributed by atoms with van der Waals surface area (Å²) in [5, 5.41) is 10.3. The maximum Gasteiger partial charge on any atom is 0.334 e. The standard InChI is InChI=1S/C31H31NO3/c33-31(34)30(35-24-28-19-11-4-12-20-28)29(21-25-13-5-1-6-14-25)32(22-26-15-7-2-8-16-26)23-27-17-9-3-10-18-27/h1-20,29-30H,21-24H2,(H,33,34)/t29-,30+/m0/s1. The number of rotatable bonds is 12. The molecule has 178 valence electrons. The van der Waals surface area contributed by atoms with E-state index in [2.05, 4.69) is 29.2 Å². The molecule has 0 bridgehead atoms. The Morgan fingerprint density at radius 1 is 0.629 bits per heavy atom. The molecule has 1 N–H and O–H groups in total. The number of nitrogens with zero attached hydrogens (tertiary/aromatic N) is 1. The molecule has 0 aromatic heterocycles. The van der Waals surface area contributed by atoms with Gasteiger partial charge in [-0.1, -0.05) is 121 Å². The van der Waals surface area contributed by atoms with Crippen LogP contribution < -0.4 is 0 Å². The summed E-state index contributed by atoms with van der Waals surface area (Å²) in [4.78, 5) is 14.8. The summed E-state index contributed by atoms with van der Waals surface area (Å²) in [6.07, 6.45) is -0.436. The summed E-state index contributed by atoms with van der Waals surface area (Å²) in [5.74, 6) is -0.951. The van der Waals surface area contributed by atoms with Gasteiger partial charge < -0.3 is 9.84 Å². The lowest BCUT2D eigenvalue weighted by molar-refractivity contribution is -0.157. The zero-order valence-corrected chi connectivity index (χ0v) is 19.7. The van der Waals surface area contributed by atoms with E-state index in [4.69, 9.17) is 4.74 Å². The van der Waals surface area contributed by atoms with Crippen molar-refractivity contribution in [3.8, 4) is 0 Å². The summed E-state index contributed by atoms with van der Waals surface area (Å²) >= 11 is 0. The van der Waals surface area contributed by atoms with Crippen LogP contribution in [0.2, 0.25) is 0 Å². The van der Waals surface area contributed by atoms with Crippen LogP contribution in [0.1, 0.15) is 22.3 Å². The summed E-state index contributed by atoms with van der Waals surface area (Å²) in [6, 6.07) is 39.8. The Hall–Kier alpha value is -3.73. The molecular formula is C31H31NO3. The number of hydrogen-bond acceptors (Lipinski definition) is 3. The average Bonchev–Trinajstić information content (AvgIpc) is 2.90. The monoisotopic (exact) mass is 465 g/mol. The molecule has 35 heavy (non-hydrogen) atoms. The first-order valence-electron chi connectivity index (χ1n) is 11.9. The van der Waals surface area contributed by atoms with Gasteiger partial charge in [-0.2, -0.15) is 0 Å². The van der Waals surface area contributed by atoms with Gasteiger partial charge >= 0.3 is 5.97 Å². The number of carboxylic acids is 1. The molecule has 0 amide bonds. The fraction of sp³-hybridized carbons (Fsp3) is 0.194. The zero-order chi connectivity index (χ0) is 24.3. The molecule has 4 heteroatoms. The molecule has 0 aliphatic carbocycles. The van der Waals surface area contributed by atoms with Crippen LogP contribution >= 0.6 is 0 Å². The second-order valence-corrected chi connectivity index (χ2v) is 8.69. The van der Waals surface area contributed by atoms with Gasteiger partial charge in [0.15, 0.2) is 6.10 Å². The van der Waals surface area contributed by atoms with Gasteiger partial charge in [0, 0.05) is 13.1 Å². The first-order chi connectivity index (χ1) is 17.2. The Labute approximate surface area is 207 Å². The van der Waals surface area contributed by atoms with E-state index in [1.54, 1.807) is 0 Å². The van der Waals surface area contributed by atoms with Crippen LogP contribution in [0.5, 0.6) is 0 Å². The van der Waals surface area contributed by atoms with Crippen molar-refractivity contribution in [1.82, 2.24) is 4.90 Å². The number of aliphatic carboxylic acids is 1. The molecule has 4 aromatic carbocycles. The van der Waals surface area contributed by atoms with Crippen molar-refractivity contribution in [2.45, 2.75) is 38.3 Å². The molecule has 0 saturated heterocycles. The van der Waals surface area contributed by atoms with Gasteiger partial charge in [-0.3, -0.25) is 4.90 Å². The van der Waals surface area contributed by atoms with Crippen molar-refractivity contribution in [3.63, 3.8) is 0 Å². The maximum absolute atomic E-state index is 12.6. The minimum atomic E-state index is -0.997. The van der Waals surface area contributed by atoms with Gasteiger partial charge in [0.25, 0.3) is 0 Å². The maximum atomic E-state index is 12.6. The van der Waals surface area contributed by atoms with Crippen molar-refractivity contribution < 1.29 is 14.6 Å². The Bertz CT molecular complexity index is 1110. The molecular weight excluding hydrogens is 434 g/mol. The van der Waals surface area contributed by atoms with Crippen LogP contribution in [0.25, 0.3) is 0 Å². The third-order valence-corrected chi connectivity index (χ3v) is 6.08. The van der Waals surface area contributed by atoms with E-state index in [9.17, 15) is 9.90 Å². The Morgan fingerprint density at radius 2 is 1.03 bits per heavy atom. The van der Waals surface area contributed by atoms with Crippen molar-refractivity contribution in [2.24, 2.45) is 0 Å². The van der Waals surface area contributed by atoms with Gasteiger partial charge in [-0.25, -0.2) is 4.79 Å². The Morgan fingerprint density at radius 3 is 1.46 bits per heavy atom. The number of hydrogen-bond donors (Lipinski definition) is 1. The van der Waals surface area contributed by atoms with E-state index < -0.39 is 12.1 Å². The number of carboxylic acid groups (broad SMARTS) is 1. The molecule has 0 aliphatic rings. The molecule has 0 radical (unpaired) electrons. The second kappa shape index (κ2) is 12.7. The summed E-state index contributed by atoms with van der Waals surface area (Å²) in [7, 11) is 0. The first-order valence-corrected chi connectivity index (χ1v) is 11.9. The molecule has 4 aromatic rings. The minimum Gasteiger partial charge on any atom is -0.479 e. The van der Waals surface area contributed by atoms with Gasteiger partial charge in [0.1, 0.15) is 0 Å². The van der Waals surface area contributed by atoms with Crippen LogP contribution in [-0.2, 0) is 35.6 Å². The van der Waals surface area contributed by atoms with Gasteiger partial charge in [0.05, 0.1) is 12.6 Å². The van der Waals surface area contributed by atoms with Crippen molar-refractivity contribution in [2.75, 3.05) is 0 Å². The Balaban J connectivity index is 1.68. The van der Waals surface area contributed by atoms with E-state index >= 15 is 0 Å². The van der Waals surface area contributed by atoms with Gasteiger partial charge in [-0.05, 0) is 28.7 Å². The molecule has 4 nitrogen and oxygen atoms in total. The van der Waals surface area contributed by atoms with Crippen LogP contribution in [-0.4, -0.2) is 28.1 Å². The topological polar surface area (TPSA) is 49.8 Å². The van der Waals surface area contributed by atoms with Gasteiger partial charge in [-0.15, -0.1) is 0 Å². The first kappa shape index (κ1) is 24.4. The lowest BCUT2D eigenvalue weighted by atomic mass is 9.97. The normalized spacial score (nSPS) is 12.8. The van der Waals surface area contributed by atoms with E-state index in [0.29, 0.717) is 19.5 Å².